The van der Waals surface area contributed by atoms with E-state index in [1.54, 1.807) is 0 Å². The second-order valence-electron chi connectivity index (χ2n) is 3.03. The number of ether oxygens (including phenoxy) is 1. The smallest absolute Gasteiger partial charge is 0.306 e. The highest BCUT2D eigenvalue weighted by Gasteiger charge is 2.36. The molecule has 1 aliphatic heterocycles. The first-order valence-electron chi connectivity index (χ1n) is 3.65. The van der Waals surface area contributed by atoms with Crippen molar-refractivity contribution in [1.82, 2.24) is 0 Å². The van der Waals surface area contributed by atoms with Crippen molar-refractivity contribution in [2.45, 2.75) is 29.7 Å². The molecule has 70 valence electrons. The van der Waals surface area contributed by atoms with Gasteiger partial charge in [0.05, 0.1) is 6.42 Å². The number of halogens is 3. The van der Waals surface area contributed by atoms with Gasteiger partial charge in [0, 0.05) is 12.3 Å². The van der Waals surface area contributed by atoms with Crippen molar-refractivity contribution in [3.63, 3.8) is 0 Å². The van der Waals surface area contributed by atoms with E-state index in [-0.39, 0.29) is 24.4 Å². The Morgan fingerprint density at radius 3 is 2.50 bits per heavy atom. The van der Waals surface area contributed by atoms with Crippen LogP contribution < -0.4 is 0 Å². The zero-order chi connectivity index (χ0) is 9.35. The lowest BCUT2D eigenvalue weighted by atomic mass is 10.0. The maximum Gasteiger partial charge on any atom is 0.306 e. The normalized spacial score (nSPS) is 30.5. The lowest BCUT2D eigenvalue weighted by Gasteiger charge is -2.18. The molecule has 0 aromatic carbocycles. The van der Waals surface area contributed by atoms with Crippen LogP contribution in [0.1, 0.15) is 19.8 Å². The Hall–Kier alpha value is 0.340. The lowest BCUT2D eigenvalue weighted by Crippen LogP contribution is -2.21. The third kappa shape index (κ3) is 3.00. The SMILES string of the molecule is C[C@@H]1CC(=O)O[C@H]1CC(Cl)(Cl)Cl. The summed E-state index contributed by atoms with van der Waals surface area (Å²) >= 11 is 16.7. The van der Waals surface area contributed by atoms with E-state index >= 15 is 0 Å². The molecule has 0 radical (unpaired) electrons. The van der Waals surface area contributed by atoms with Gasteiger partial charge in [0.1, 0.15) is 6.10 Å². The zero-order valence-electron chi connectivity index (χ0n) is 6.52. The van der Waals surface area contributed by atoms with Gasteiger partial charge in [-0.3, -0.25) is 4.79 Å². The van der Waals surface area contributed by atoms with Crippen LogP contribution >= 0.6 is 34.8 Å². The summed E-state index contributed by atoms with van der Waals surface area (Å²) in [5.74, 6) is -0.0603. The van der Waals surface area contributed by atoms with Crippen molar-refractivity contribution in [2.24, 2.45) is 5.92 Å². The topological polar surface area (TPSA) is 26.3 Å². The van der Waals surface area contributed by atoms with Gasteiger partial charge < -0.3 is 4.74 Å². The van der Waals surface area contributed by atoms with Crippen molar-refractivity contribution in [3.05, 3.63) is 0 Å². The summed E-state index contributed by atoms with van der Waals surface area (Å²) in [5.41, 5.74) is 0. The Balaban J connectivity index is 2.48. The second-order valence-corrected chi connectivity index (χ2v) is 5.55. The summed E-state index contributed by atoms with van der Waals surface area (Å²) in [4.78, 5) is 10.8. The zero-order valence-corrected chi connectivity index (χ0v) is 8.79. The Bertz CT molecular complexity index is 188. The van der Waals surface area contributed by atoms with Gasteiger partial charge in [-0.2, -0.15) is 0 Å². The van der Waals surface area contributed by atoms with E-state index in [1.807, 2.05) is 6.92 Å². The Labute approximate surface area is 86.1 Å². The number of esters is 1. The third-order valence-electron chi connectivity index (χ3n) is 1.84. The average molecular weight is 232 g/mol. The van der Waals surface area contributed by atoms with E-state index in [0.29, 0.717) is 6.42 Å². The number of hydrogen-bond acceptors (Lipinski definition) is 2. The minimum atomic E-state index is -1.33. The van der Waals surface area contributed by atoms with Crippen molar-refractivity contribution in [2.75, 3.05) is 0 Å². The molecule has 12 heavy (non-hydrogen) atoms. The van der Waals surface area contributed by atoms with Gasteiger partial charge in [0.2, 0.25) is 0 Å². The van der Waals surface area contributed by atoms with Crippen molar-refractivity contribution < 1.29 is 9.53 Å². The molecule has 1 aliphatic rings. The Kier molecular flexibility index (Phi) is 3.13. The van der Waals surface area contributed by atoms with Crippen LogP contribution in [0.4, 0.5) is 0 Å². The molecule has 0 aliphatic carbocycles. The number of rotatable bonds is 1. The van der Waals surface area contributed by atoms with Crippen molar-refractivity contribution in [3.8, 4) is 0 Å². The van der Waals surface area contributed by atoms with Crippen LogP contribution in [0, 0.1) is 5.92 Å². The molecular formula is C7H9Cl3O2. The molecule has 1 rings (SSSR count). The first kappa shape index (κ1) is 10.4. The maximum atomic E-state index is 10.8. The summed E-state index contributed by atoms with van der Waals surface area (Å²) in [6.45, 7) is 1.91. The van der Waals surface area contributed by atoms with E-state index in [0.717, 1.165) is 0 Å². The van der Waals surface area contributed by atoms with Crippen LogP contribution in [0.25, 0.3) is 0 Å². The van der Waals surface area contributed by atoms with Gasteiger partial charge >= 0.3 is 5.97 Å². The number of carbonyl (C=O) groups is 1. The van der Waals surface area contributed by atoms with Crippen LogP contribution in [0.5, 0.6) is 0 Å². The highest BCUT2D eigenvalue weighted by atomic mass is 35.6. The van der Waals surface area contributed by atoms with E-state index in [9.17, 15) is 4.79 Å². The second kappa shape index (κ2) is 3.60. The molecule has 0 N–H and O–H groups in total. The summed E-state index contributed by atoms with van der Waals surface area (Å²) in [6.07, 6.45) is 0.445. The molecule has 1 saturated heterocycles. The van der Waals surface area contributed by atoms with Crippen LogP contribution in [0.15, 0.2) is 0 Å². The van der Waals surface area contributed by atoms with Gasteiger partial charge in [-0.15, -0.1) is 0 Å². The molecule has 0 aromatic rings. The predicted molar refractivity (Wildman–Crippen MR) is 48.6 cm³/mol. The third-order valence-corrected chi connectivity index (χ3v) is 2.30. The number of carbonyl (C=O) groups excluding carboxylic acids is 1. The van der Waals surface area contributed by atoms with E-state index in [1.165, 1.54) is 0 Å². The highest BCUT2D eigenvalue weighted by Crippen LogP contribution is 2.37. The molecule has 1 heterocycles. The van der Waals surface area contributed by atoms with Gasteiger partial charge in [-0.1, -0.05) is 41.7 Å². The van der Waals surface area contributed by atoms with Gasteiger partial charge in [-0.25, -0.2) is 0 Å². The fourth-order valence-corrected chi connectivity index (χ4v) is 1.65. The first-order valence-corrected chi connectivity index (χ1v) is 4.78. The molecular weight excluding hydrogens is 222 g/mol. The summed E-state index contributed by atoms with van der Waals surface area (Å²) in [7, 11) is 0. The average Bonchev–Trinajstić information content (AvgIpc) is 2.06. The Morgan fingerprint density at radius 2 is 2.17 bits per heavy atom. The fourth-order valence-electron chi connectivity index (χ4n) is 1.20. The Morgan fingerprint density at radius 1 is 1.58 bits per heavy atom. The molecule has 0 spiro atoms. The van der Waals surface area contributed by atoms with Crippen LogP contribution in [0.2, 0.25) is 0 Å². The lowest BCUT2D eigenvalue weighted by molar-refractivity contribution is -0.141. The van der Waals surface area contributed by atoms with Crippen LogP contribution in [-0.2, 0) is 9.53 Å². The monoisotopic (exact) mass is 230 g/mol. The van der Waals surface area contributed by atoms with Crippen LogP contribution in [0.3, 0.4) is 0 Å². The summed E-state index contributed by atoms with van der Waals surface area (Å²) < 4.78 is 3.63. The number of alkyl halides is 3. The predicted octanol–water partition coefficient (Wildman–Crippen LogP) is 2.70. The van der Waals surface area contributed by atoms with E-state index in [4.69, 9.17) is 39.5 Å². The molecule has 0 saturated carbocycles. The molecule has 1 fully saturated rings. The first-order chi connectivity index (χ1) is 5.38. The number of cyclic esters (lactones) is 1. The standard InChI is InChI=1S/C7H9Cl3O2/c1-4-2-6(11)12-5(4)3-7(8,9)10/h4-5H,2-3H2,1H3/t4-,5+/m1/s1. The molecule has 0 amide bonds. The molecule has 0 unspecified atom stereocenters. The highest BCUT2D eigenvalue weighted by molar-refractivity contribution is 6.67. The molecule has 2 atom stereocenters. The largest absolute Gasteiger partial charge is 0.462 e. The van der Waals surface area contributed by atoms with Crippen LogP contribution in [-0.4, -0.2) is 15.9 Å². The van der Waals surface area contributed by atoms with Gasteiger partial charge in [0.25, 0.3) is 0 Å². The van der Waals surface area contributed by atoms with E-state index < -0.39 is 3.79 Å². The maximum absolute atomic E-state index is 10.8. The van der Waals surface area contributed by atoms with E-state index in [2.05, 4.69) is 0 Å². The fraction of sp³-hybridized carbons (Fsp3) is 0.857. The van der Waals surface area contributed by atoms with Crippen molar-refractivity contribution >= 4 is 40.8 Å². The number of hydrogen-bond donors (Lipinski definition) is 0. The quantitative estimate of drug-likeness (QED) is 0.512. The van der Waals surface area contributed by atoms with Crippen molar-refractivity contribution in [1.29, 1.82) is 0 Å². The molecule has 5 heteroatoms. The minimum absolute atomic E-state index is 0.146. The minimum Gasteiger partial charge on any atom is -0.462 e. The molecule has 0 aromatic heterocycles. The molecule has 0 bridgehead atoms. The summed E-state index contributed by atoms with van der Waals surface area (Å²) in [5, 5.41) is 0. The molecule has 2 nitrogen and oxygen atoms in total. The van der Waals surface area contributed by atoms with Gasteiger partial charge in [-0.05, 0) is 0 Å². The van der Waals surface area contributed by atoms with Gasteiger partial charge in [0.15, 0.2) is 3.79 Å². The summed E-state index contributed by atoms with van der Waals surface area (Å²) in [6, 6.07) is 0.